The van der Waals surface area contributed by atoms with Gasteiger partial charge in [0.25, 0.3) is 0 Å². The highest BCUT2D eigenvalue weighted by Crippen LogP contribution is 2.26. The Morgan fingerprint density at radius 2 is 2.23 bits per heavy atom. The molecule has 0 radical (unpaired) electrons. The summed E-state index contributed by atoms with van der Waals surface area (Å²) in [5, 5.41) is 11.3. The molecule has 140 valence electrons. The van der Waals surface area contributed by atoms with Crippen molar-refractivity contribution >= 4 is 39.1 Å². The number of hydrogen-bond donors (Lipinski definition) is 2. The number of nitrogens with zero attached hydrogens (tertiary/aromatic N) is 3. The maximum Gasteiger partial charge on any atom is 0.233 e. The third-order valence-electron chi connectivity index (χ3n) is 3.98. The van der Waals surface area contributed by atoms with Crippen molar-refractivity contribution < 1.29 is 13.2 Å². The van der Waals surface area contributed by atoms with Gasteiger partial charge in [-0.3, -0.25) is 4.79 Å². The molecule has 2 atom stereocenters. The van der Waals surface area contributed by atoms with Gasteiger partial charge in [0.05, 0.1) is 16.8 Å². The zero-order valence-electron chi connectivity index (χ0n) is 13.9. The quantitative estimate of drug-likeness (QED) is 0.554. The van der Waals surface area contributed by atoms with E-state index in [-0.39, 0.29) is 23.5 Å². The minimum Gasteiger partial charge on any atom is -0.351 e. The monoisotopic (exact) mass is 415 g/mol. The molecule has 1 aliphatic rings. The van der Waals surface area contributed by atoms with Gasteiger partial charge in [-0.25, -0.2) is 13.1 Å². The fraction of sp³-hybridized carbons (Fsp3) is 0.400. The minimum atomic E-state index is -3.04. The molecule has 2 aromatic rings. The van der Waals surface area contributed by atoms with E-state index in [1.54, 1.807) is 25.1 Å². The third-order valence-corrected chi connectivity index (χ3v) is 7.04. The fourth-order valence-electron chi connectivity index (χ4n) is 2.62. The summed E-state index contributed by atoms with van der Waals surface area (Å²) < 4.78 is 24.3. The van der Waals surface area contributed by atoms with Crippen molar-refractivity contribution in [2.24, 2.45) is 0 Å². The van der Waals surface area contributed by atoms with E-state index in [9.17, 15) is 13.2 Å². The Hall–Kier alpha value is -1.78. The second-order valence-corrected chi connectivity index (χ2v) is 10.0. The Labute approximate surface area is 160 Å². The van der Waals surface area contributed by atoms with Crippen molar-refractivity contribution in [2.45, 2.75) is 29.8 Å². The van der Waals surface area contributed by atoms with E-state index >= 15 is 0 Å². The van der Waals surface area contributed by atoms with Gasteiger partial charge in [0, 0.05) is 16.6 Å². The Morgan fingerprint density at radius 3 is 2.88 bits per heavy atom. The summed E-state index contributed by atoms with van der Waals surface area (Å²) in [5.74, 6) is 6.32. The smallest absolute Gasteiger partial charge is 0.233 e. The normalized spacial score (nSPS) is 20.0. The first-order chi connectivity index (χ1) is 12.2. The number of halogens is 1. The van der Waals surface area contributed by atoms with Gasteiger partial charge in [-0.05, 0) is 25.5 Å². The van der Waals surface area contributed by atoms with E-state index in [1.807, 2.05) is 6.07 Å². The predicted octanol–water partition coefficient (Wildman–Crippen LogP) is 1.10. The number of rotatable bonds is 5. The number of nitrogens with one attached hydrogen (secondary N) is 1. The van der Waals surface area contributed by atoms with Gasteiger partial charge in [0.2, 0.25) is 11.1 Å². The predicted molar refractivity (Wildman–Crippen MR) is 101 cm³/mol. The number of carbonyl (C=O) groups excluding carboxylic acids is 1. The van der Waals surface area contributed by atoms with Crippen molar-refractivity contribution in [1.82, 2.24) is 20.2 Å². The summed E-state index contributed by atoms with van der Waals surface area (Å²) in [6, 6.07) is 6.72. The number of nitrogen functional groups attached to an aromatic ring is 1. The average molecular weight is 416 g/mol. The summed E-state index contributed by atoms with van der Waals surface area (Å²) in [5.41, 5.74) is 0.715. The molecular formula is C15H18ClN5O3S2. The molecule has 0 aliphatic carbocycles. The van der Waals surface area contributed by atoms with E-state index in [1.165, 1.54) is 4.68 Å². The molecule has 26 heavy (non-hydrogen) atoms. The van der Waals surface area contributed by atoms with Crippen molar-refractivity contribution in [3.63, 3.8) is 0 Å². The van der Waals surface area contributed by atoms with Crippen molar-refractivity contribution in [3.05, 3.63) is 29.3 Å². The van der Waals surface area contributed by atoms with Crippen LogP contribution in [-0.2, 0) is 14.6 Å². The molecule has 1 aromatic carbocycles. The summed E-state index contributed by atoms with van der Waals surface area (Å²) in [6.07, 6.45) is 0.442. The van der Waals surface area contributed by atoms with Gasteiger partial charge in [-0.2, -0.15) is 0 Å². The van der Waals surface area contributed by atoms with Gasteiger partial charge in [-0.15, -0.1) is 10.2 Å². The molecule has 2 heterocycles. The van der Waals surface area contributed by atoms with Crippen LogP contribution in [0.3, 0.4) is 0 Å². The molecule has 0 spiro atoms. The van der Waals surface area contributed by atoms with Gasteiger partial charge < -0.3 is 11.2 Å². The molecule has 8 nitrogen and oxygen atoms in total. The number of carbonyl (C=O) groups is 1. The van der Waals surface area contributed by atoms with Gasteiger partial charge in [0.15, 0.2) is 15.7 Å². The standard InChI is InChI=1S/C15H18ClN5O3S2/c1-9(14(22)18-12-5-6-26(23,24)8-12)25-15-20-19-13(21(15)17)10-3-2-4-11(16)7-10/h2-4,7,9,12H,5-6,8,17H2,1H3,(H,18,22)/t9-,12+/m0/s1. The molecule has 3 N–H and O–H groups in total. The minimum absolute atomic E-state index is 0.0118. The van der Waals surface area contributed by atoms with Crippen LogP contribution in [0.25, 0.3) is 11.4 Å². The number of nitrogens with two attached hydrogens (primary N) is 1. The lowest BCUT2D eigenvalue weighted by atomic mass is 10.2. The summed E-state index contributed by atoms with van der Waals surface area (Å²) in [7, 11) is -3.04. The Kier molecular flexibility index (Phi) is 5.44. The maximum atomic E-state index is 12.3. The van der Waals surface area contributed by atoms with Gasteiger partial charge in [0.1, 0.15) is 0 Å². The second-order valence-electron chi connectivity index (χ2n) is 6.06. The Bertz CT molecular complexity index is 931. The lowest BCUT2D eigenvalue weighted by Gasteiger charge is -2.15. The number of hydrogen-bond acceptors (Lipinski definition) is 7. The maximum absolute atomic E-state index is 12.3. The van der Waals surface area contributed by atoms with Crippen LogP contribution >= 0.6 is 23.4 Å². The van der Waals surface area contributed by atoms with Crippen LogP contribution in [0.1, 0.15) is 13.3 Å². The number of amides is 1. The first-order valence-electron chi connectivity index (χ1n) is 7.89. The van der Waals surface area contributed by atoms with E-state index in [0.717, 1.165) is 11.8 Å². The SMILES string of the molecule is C[C@H](Sc1nnc(-c2cccc(Cl)c2)n1N)C(=O)N[C@@H]1CCS(=O)(=O)C1. The van der Waals surface area contributed by atoms with E-state index < -0.39 is 15.1 Å². The van der Waals surface area contributed by atoms with E-state index in [4.69, 9.17) is 17.4 Å². The highest BCUT2D eigenvalue weighted by atomic mass is 35.5. The molecular weight excluding hydrogens is 398 g/mol. The Balaban J connectivity index is 1.66. The molecule has 11 heteroatoms. The molecule has 3 rings (SSSR count). The van der Waals surface area contributed by atoms with Crippen molar-refractivity contribution in [3.8, 4) is 11.4 Å². The van der Waals surface area contributed by atoms with E-state index in [0.29, 0.717) is 28.0 Å². The molecule has 1 aliphatic heterocycles. The van der Waals surface area contributed by atoms with E-state index in [2.05, 4.69) is 15.5 Å². The van der Waals surface area contributed by atoms with Crippen LogP contribution in [0.5, 0.6) is 0 Å². The van der Waals surface area contributed by atoms with Crippen LogP contribution in [0.4, 0.5) is 0 Å². The lowest BCUT2D eigenvalue weighted by Crippen LogP contribution is -2.40. The van der Waals surface area contributed by atoms with Crippen LogP contribution in [-0.4, -0.2) is 52.0 Å². The summed E-state index contributed by atoms with van der Waals surface area (Å²) >= 11 is 7.13. The molecule has 1 fully saturated rings. The first kappa shape index (κ1) is 19.0. The topological polar surface area (TPSA) is 120 Å². The highest BCUT2D eigenvalue weighted by molar-refractivity contribution is 8.00. The summed E-state index contributed by atoms with van der Waals surface area (Å²) in [4.78, 5) is 12.3. The van der Waals surface area contributed by atoms with Crippen molar-refractivity contribution in [2.75, 3.05) is 17.3 Å². The largest absolute Gasteiger partial charge is 0.351 e. The van der Waals surface area contributed by atoms with Crippen LogP contribution in [0.2, 0.25) is 5.02 Å². The van der Waals surface area contributed by atoms with Gasteiger partial charge >= 0.3 is 0 Å². The fourth-order valence-corrected chi connectivity index (χ4v) is 5.26. The van der Waals surface area contributed by atoms with Gasteiger partial charge in [-0.1, -0.05) is 35.5 Å². The number of aromatic nitrogens is 3. The Morgan fingerprint density at radius 1 is 1.46 bits per heavy atom. The highest BCUT2D eigenvalue weighted by Gasteiger charge is 2.30. The number of sulfone groups is 1. The second kappa shape index (κ2) is 7.45. The lowest BCUT2D eigenvalue weighted by molar-refractivity contribution is -0.120. The molecule has 0 unspecified atom stereocenters. The molecule has 1 saturated heterocycles. The third kappa shape index (κ3) is 4.30. The molecule has 0 saturated carbocycles. The molecule has 1 amide bonds. The van der Waals surface area contributed by atoms with Crippen LogP contribution < -0.4 is 11.2 Å². The number of thioether (sulfide) groups is 1. The van der Waals surface area contributed by atoms with Crippen LogP contribution in [0.15, 0.2) is 29.4 Å². The first-order valence-corrected chi connectivity index (χ1v) is 11.0. The average Bonchev–Trinajstić information content (AvgIpc) is 3.10. The zero-order chi connectivity index (χ0) is 18.9. The molecule has 1 aromatic heterocycles. The zero-order valence-corrected chi connectivity index (χ0v) is 16.3. The number of benzene rings is 1. The summed E-state index contributed by atoms with van der Waals surface area (Å²) in [6.45, 7) is 1.71. The van der Waals surface area contributed by atoms with Crippen molar-refractivity contribution in [1.29, 1.82) is 0 Å². The van der Waals surface area contributed by atoms with Crippen LogP contribution in [0, 0.1) is 0 Å². The molecule has 0 bridgehead atoms.